The van der Waals surface area contributed by atoms with E-state index in [4.69, 9.17) is 0 Å². The number of nitrogens with zero attached hydrogens (tertiary/aromatic N) is 2. The van der Waals surface area contributed by atoms with Crippen molar-refractivity contribution in [1.29, 1.82) is 0 Å². The number of azo groups is 1. The van der Waals surface area contributed by atoms with Gasteiger partial charge in [0.2, 0.25) is 5.88 Å². The number of nitrogens with one attached hydrogen (secondary N) is 2. The molecular weight excluding hydrogens is 284 g/mol. The number of hydrogen-bond donors (Lipinski definition) is 3. The molecule has 0 saturated carbocycles. The molecule has 0 saturated heterocycles. The van der Waals surface area contributed by atoms with E-state index in [1.165, 1.54) is 0 Å². The van der Waals surface area contributed by atoms with Crippen LogP contribution in [0, 0.1) is 0 Å². The standard InChI is InChI=1S/C15H18N4O3/c1-4-9-5-6-11-10(7-9)12(13(20)17-11)18-19-15(22)14(21)16-8(2)3/h5-8,17,20H,4H2,1-3H3,(H,16,21). The van der Waals surface area contributed by atoms with Crippen LogP contribution < -0.4 is 5.32 Å². The topological polar surface area (TPSA) is 107 Å². The fourth-order valence-corrected chi connectivity index (χ4v) is 2.00. The van der Waals surface area contributed by atoms with Gasteiger partial charge in [0.1, 0.15) is 0 Å². The van der Waals surface area contributed by atoms with Crippen molar-refractivity contribution >= 4 is 28.4 Å². The maximum atomic E-state index is 11.6. The molecule has 22 heavy (non-hydrogen) atoms. The van der Waals surface area contributed by atoms with Gasteiger partial charge in [0.15, 0.2) is 5.69 Å². The Morgan fingerprint density at radius 1 is 1.36 bits per heavy atom. The van der Waals surface area contributed by atoms with Gasteiger partial charge in [-0.2, -0.15) is 0 Å². The number of benzene rings is 1. The number of aromatic nitrogens is 1. The summed E-state index contributed by atoms with van der Waals surface area (Å²) >= 11 is 0. The van der Waals surface area contributed by atoms with Crippen LogP contribution in [0.1, 0.15) is 26.3 Å². The summed E-state index contributed by atoms with van der Waals surface area (Å²) < 4.78 is 0. The Morgan fingerprint density at radius 3 is 2.73 bits per heavy atom. The van der Waals surface area contributed by atoms with E-state index < -0.39 is 11.8 Å². The Kier molecular flexibility index (Phi) is 4.55. The van der Waals surface area contributed by atoms with E-state index in [0.717, 1.165) is 12.0 Å². The molecule has 0 bridgehead atoms. The average molecular weight is 302 g/mol. The largest absolute Gasteiger partial charge is 0.493 e. The molecule has 0 aliphatic heterocycles. The molecule has 0 unspecified atom stereocenters. The minimum Gasteiger partial charge on any atom is -0.493 e. The first kappa shape index (κ1) is 15.7. The molecule has 116 valence electrons. The molecule has 1 aromatic carbocycles. The Bertz CT molecular complexity index is 747. The van der Waals surface area contributed by atoms with Crippen molar-refractivity contribution < 1.29 is 14.7 Å². The summed E-state index contributed by atoms with van der Waals surface area (Å²) in [6.45, 7) is 5.48. The number of amides is 2. The molecule has 0 spiro atoms. The predicted molar refractivity (Wildman–Crippen MR) is 82.1 cm³/mol. The normalized spacial score (nSPS) is 11.5. The van der Waals surface area contributed by atoms with Crippen molar-refractivity contribution in [1.82, 2.24) is 10.3 Å². The second-order valence-corrected chi connectivity index (χ2v) is 5.19. The number of aromatic amines is 1. The first-order valence-electron chi connectivity index (χ1n) is 7.02. The van der Waals surface area contributed by atoms with Gasteiger partial charge in [-0.25, -0.2) is 0 Å². The molecule has 2 aromatic rings. The van der Waals surface area contributed by atoms with E-state index >= 15 is 0 Å². The van der Waals surface area contributed by atoms with Crippen LogP contribution in [0.15, 0.2) is 28.4 Å². The zero-order valence-electron chi connectivity index (χ0n) is 12.7. The third kappa shape index (κ3) is 3.30. The molecule has 2 rings (SSSR count). The Labute approximate surface area is 127 Å². The van der Waals surface area contributed by atoms with E-state index in [9.17, 15) is 14.7 Å². The van der Waals surface area contributed by atoms with Crippen LogP contribution in [0.5, 0.6) is 5.88 Å². The van der Waals surface area contributed by atoms with Crippen molar-refractivity contribution in [2.45, 2.75) is 33.2 Å². The second-order valence-electron chi connectivity index (χ2n) is 5.19. The smallest absolute Gasteiger partial charge is 0.353 e. The molecule has 1 heterocycles. The maximum absolute atomic E-state index is 11.6. The number of aryl methyl sites for hydroxylation is 1. The van der Waals surface area contributed by atoms with Gasteiger partial charge in [-0.3, -0.25) is 9.59 Å². The maximum Gasteiger partial charge on any atom is 0.353 e. The molecule has 0 aliphatic rings. The molecule has 2 amide bonds. The van der Waals surface area contributed by atoms with Gasteiger partial charge >= 0.3 is 11.8 Å². The van der Waals surface area contributed by atoms with Gasteiger partial charge in [-0.15, -0.1) is 10.2 Å². The lowest BCUT2D eigenvalue weighted by Crippen LogP contribution is -2.34. The monoisotopic (exact) mass is 302 g/mol. The minimum absolute atomic E-state index is 0.149. The van der Waals surface area contributed by atoms with E-state index in [1.807, 2.05) is 25.1 Å². The van der Waals surface area contributed by atoms with Crippen molar-refractivity contribution in [3.8, 4) is 5.88 Å². The van der Waals surface area contributed by atoms with E-state index in [2.05, 4.69) is 20.5 Å². The summed E-state index contributed by atoms with van der Waals surface area (Å²) in [5, 5.41) is 20.1. The highest BCUT2D eigenvalue weighted by atomic mass is 16.3. The first-order valence-corrected chi connectivity index (χ1v) is 7.02. The number of hydrogen-bond acceptors (Lipinski definition) is 4. The fourth-order valence-electron chi connectivity index (χ4n) is 2.00. The molecule has 1 aromatic heterocycles. The average Bonchev–Trinajstić information content (AvgIpc) is 2.78. The van der Waals surface area contributed by atoms with Crippen LogP contribution in [-0.2, 0) is 16.0 Å². The summed E-state index contributed by atoms with van der Waals surface area (Å²) in [6.07, 6.45) is 0.828. The number of aromatic hydroxyl groups is 1. The Morgan fingerprint density at radius 2 is 2.09 bits per heavy atom. The van der Waals surface area contributed by atoms with Crippen molar-refractivity contribution in [2.24, 2.45) is 10.2 Å². The third-order valence-electron chi connectivity index (χ3n) is 3.08. The first-order chi connectivity index (χ1) is 10.4. The summed E-state index contributed by atoms with van der Waals surface area (Å²) in [7, 11) is 0. The van der Waals surface area contributed by atoms with Gasteiger partial charge in [-0.05, 0) is 38.0 Å². The lowest BCUT2D eigenvalue weighted by Gasteiger charge is -2.03. The van der Waals surface area contributed by atoms with Crippen molar-refractivity contribution in [2.75, 3.05) is 0 Å². The lowest BCUT2D eigenvalue weighted by molar-refractivity contribution is -0.137. The molecule has 0 aliphatic carbocycles. The van der Waals surface area contributed by atoms with Crippen LogP contribution >= 0.6 is 0 Å². The zero-order chi connectivity index (χ0) is 16.3. The van der Waals surface area contributed by atoms with Crippen LogP contribution in [0.4, 0.5) is 5.69 Å². The van der Waals surface area contributed by atoms with E-state index in [1.54, 1.807) is 13.8 Å². The summed E-state index contributed by atoms with van der Waals surface area (Å²) in [6, 6.07) is 5.44. The third-order valence-corrected chi connectivity index (χ3v) is 3.08. The highest BCUT2D eigenvalue weighted by Gasteiger charge is 2.15. The fraction of sp³-hybridized carbons (Fsp3) is 0.333. The summed E-state index contributed by atoms with van der Waals surface area (Å²) in [4.78, 5) is 25.8. The molecule has 0 atom stereocenters. The Hall–Kier alpha value is -2.70. The van der Waals surface area contributed by atoms with Crippen LogP contribution in [0.25, 0.3) is 10.9 Å². The van der Waals surface area contributed by atoms with Gasteiger partial charge in [0.05, 0.1) is 5.52 Å². The number of carbonyl (C=O) groups excluding carboxylic acids is 2. The summed E-state index contributed by atoms with van der Waals surface area (Å²) in [5.74, 6) is -2.02. The predicted octanol–water partition coefficient (Wildman–Crippen LogP) is 2.57. The molecule has 7 heteroatoms. The lowest BCUT2D eigenvalue weighted by atomic mass is 10.1. The van der Waals surface area contributed by atoms with Gasteiger partial charge in [-0.1, -0.05) is 13.0 Å². The van der Waals surface area contributed by atoms with Gasteiger partial charge in [0.25, 0.3) is 0 Å². The van der Waals surface area contributed by atoms with Crippen LogP contribution in [0.3, 0.4) is 0 Å². The van der Waals surface area contributed by atoms with Crippen LogP contribution in [0.2, 0.25) is 0 Å². The van der Waals surface area contributed by atoms with Crippen molar-refractivity contribution in [3.63, 3.8) is 0 Å². The number of carbonyl (C=O) groups is 2. The molecule has 7 nitrogen and oxygen atoms in total. The van der Waals surface area contributed by atoms with E-state index in [-0.39, 0.29) is 17.6 Å². The molecular formula is C15H18N4O3. The molecule has 0 fully saturated rings. The van der Waals surface area contributed by atoms with Gasteiger partial charge < -0.3 is 15.4 Å². The second kappa shape index (κ2) is 6.38. The zero-order valence-corrected chi connectivity index (χ0v) is 12.7. The summed E-state index contributed by atoms with van der Waals surface area (Å²) in [5.41, 5.74) is 1.89. The molecule has 3 N–H and O–H groups in total. The van der Waals surface area contributed by atoms with Crippen LogP contribution in [-0.4, -0.2) is 27.9 Å². The van der Waals surface area contributed by atoms with E-state index in [0.29, 0.717) is 10.9 Å². The number of fused-ring (bicyclic) bond motifs is 1. The Balaban J connectivity index is 2.30. The highest BCUT2D eigenvalue weighted by molar-refractivity contribution is 6.35. The van der Waals surface area contributed by atoms with Gasteiger partial charge in [0, 0.05) is 11.4 Å². The minimum atomic E-state index is -1.01. The molecule has 0 radical (unpaired) electrons. The van der Waals surface area contributed by atoms with Crippen molar-refractivity contribution in [3.05, 3.63) is 23.8 Å². The SMILES string of the molecule is CCc1ccc2[nH]c(O)c(N=NC(=O)C(=O)NC(C)C)c2c1. The quantitative estimate of drug-likeness (QED) is 0.599. The number of H-pyrrole nitrogens is 1. The highest BCUT2D eigenvalue weighted by Crippen LogP contribution is 2.36. The number of rotatable bonds is 3.